The van der Waals surface area contributed by atoms with Crippen molar-refractivity contribution in [2.75, 3.05) is 25.2 Å². The summed E-state index contributed by atoms with van der Waals surface area (Å²) in [6, 6.07) is 23.6. The van der Waals surface area contributed by atoms with Gasteiger partial charge in [0.15, 0.2) is 6.29 Å². The Labute approximate surface area is 256 Å². The van der Waals surface area contributed by atoms with Gasteiger partial charge in [-0.1, -0.05) is 85.8 Å². The number of hydrogen-bond acceptors (Lipinski definition) is 8. The first-order valence-electron chi connectivity index (χ1n) is 14.4. The summed E-state index contributed by atoms with van der Waals surface area (Å²) in [5, 5.41) is 24.2. The molecule has 2 amide bonds. The fourth-order valence-corrected chi connectivity index (χ4v) is 5.85. The number of rotatable bonds is 13. The smallest absolute Gasteiger partial charge is 0.328 e. The molecule has 5 atom stereocenters. The molecule has 1 aliphatic rings. The van der Waals surface area contributed by atoms with Crippen LogP contribution in [-0.2, 0) is 38.6 Å². The standard InChI is InChI=1S/C33H40N2O7S/c1-22-29(21-43-17-16-36)41-32(42-30(22)26-12-10-25(20-37)11-13-26)27-14-8-24(9-15-27)19-34-33(39)35-28(31(38)40-2)18-23-6-4-3-5-7-23/h3-15,22,28-30,32,36-37H,16-21H2,1-2H3,(H2,34,35,39)/t22-,28+,29+,30+,32+/m1/s1. The maximum Gasteiger partial charge on any atom is 0.328 e. The zero-order chi connectivity index (χ0) is 30.6. The molecular weight excluding hydrogens is 568 g/mol. The Bertz CT molecular complexity index is 1290. The van der Waals surface area contributed by atoms with Gasteiger partial charge in [0, 0.05) is 36.0 Å². The Balaban J connectivity index is 1.39. The molecule has 0 spiro atoms. The number of nitrogens with one attached hydrogen (secondary N) is 2. The van der Waals surface area contributed by atoms with E-state index in [4.69, 9.17) is 14.2 Å². The van der Waals surface area contributed by atoms with Crippen molar-refractivity contribution in [3.8, 4) is 0 Å². The Morgan fingerprint density at radius 1 is 0.907 bits per heavy atom. The number of hydrogen-bond donors (Lipinski definition) is 4. The van der Waals surface area contributed by atoms with Crippen molar-refractivity contribution >= 4 is 23.8 Å². The van der Waals surface area contributed by atoms with Crippen LogP contribution in [0.4, 0.5) is 4.79 Å². The quantitative estimate of drug-likeness (QED) is 0.167. The van der Waals surface area contributed by atoms with Gasteiger partial charge in [0.25, 0.3) is 0 Å². The van der Waals surface area contributed by atoms with E-state index in [0.29, 0.717) is 12.2 Å². The van der Waals surface area contributed by atoms with Gasteiger partial charge in [0.05, 0.1) is 32.5 Å². The van der Waals surface area contributed by atoms with E-state index in [0.717, 1.165) is 33.6 Å². The number of aliphatic hydroxyl groups is 2. The Morgan fingerprint density at radius 2 is 1.58 bits per heavy atom. The van der Waals surface area contributed by atoms with Crippen LogP contribution in [0.5, 0.6) is 0 Å². The van der Waals surface area contributed by atoms with E-state index in [1.807, 2.05) is 78.9 Å². The third kappa shape index (κ3) is 9.29. The van der Waals surface area contributed by atoms with Crippen molar-refractivity contribution in [2.45, 2.75) is 51.0 Å². The summed E-state index contributed by atoms with van der Waals surface area (Å²) in [6.45, 7) is 2.46. The highest BCUT2D eigenvalue weighted by Crippen LogP contribution is 2.42. The minimum atomic E-state index is -0.811. The Morgan fingerprint density at radius 3 is 2.23 bits per heavy atom. The molecule has 3 aromatic carbocycles. The Kier molecular flexibility index (Phi) is 12.4. The Hall–Kier alpha value is -3.41. The molecule has 1 fully saturated rings. The average Bonchev–Trinajstić information content (AvgIpc) is 3.05. The minimum absolute atomic E-state index is 0.0179. The molecule has 10 heteroatoms. The molecule has 9 nitrogen and oxygen atoms in total. The molecular formula is C33H40N2O7S. The minimum Gasteiger partial charge on any atom is -0.467 e. The fraction of sp³-hybridized carbons (Fsp3) is 0.394. The summed E-state index contributed by atoms with van der Waals surface area (Å²) >= 11 is 1.64. The number of thioether (sulfide) groups is 1. The van der Waals surface area contributed by atoms with Crippen LogP contribution in [0.1, 0.15) is 47.1 Å². The van der Waals surface area contributed by atoms with Crippen LogP contribution in [0.3, 0.4) is 0 Å². The summed E-state index contributed by atoms with van der Waals surface area (Å²) in [5.74, 6) is 0.914. The summed E-state index contributed by atoms with van der Waals surface area (Å²) in [5.41, 5.74) is 4.48. The van der Waals surface area contributed by atoms with E-state index in [9.17, 15) is 19.8 Å². The van der Waals surface area contributed by atoms with Gasteiger partial charge in [-0.15, -0.1) is 0 Å². The SMILES string of the molecule is COC(=O)[C@H](Cc1ccccc1)NC(=O)NCc1ccc([C@H]2O[C@@H](CSCCO)[C@@H](C)[C@@H](c3ccc(CO)cc3)O2)cc1. The lowest BCUT2D eigenvalue weighted by atomic mass is 9.91. The van der Waals surface area contributed by atoms with Gasteiger partial charge in [-0.3, -0.25) is 0 Å². The maximum atomic E-state index is 12.6. The highest BCUT2D eigenvalue weighted by atomic mass is 32.2. The predicted molar refractivity (Wildman–Crippen MR) is 165 cm³/mol. The lowest BCUT2D eigenvalue weighted by molar-refractivity contribution is -0.268. The molecule has 43 heavy (non-hydrogen) atoms. The topological polar surface area (TPSA) is 126 Å². The van der Waals surface area contributed by atoms with Gasteiger partial charge in [-0.2, -0.15) is 11.8 Å². The lowest BCUT2D eigenvalue weighted by Crippen LogP contribution is -2.47. The molecule has 230 valence electrons. The highest BCUT2D eigenvalue weighted by Gasteiger charge is 2.38. The number of esters is 1. The second-order valence-corrected chi connectivity index (χ2v) is 11.6. The van der Waals surface area contributed by atoms with Crippen LogP contribution >= 0.6 is 11.8 Å². The van der Waals surface area contributed by atoms with Crippen molar-refractivity contribution in [1.29, 1.82) is 0 Å². The van der Waals surface area contributed by atoms with Gasteiger partial charge in [0.2, 0.25) is 0 Å². The first-order chi connectivity index (χ1) is 20.9. The molecule has 0 radical (unpaired) electrons. The number of amides is 2. The highest BCUT2D eigenvalue weighted by molar-refractivity contribution is 7.99. The van der Waals surface area contributed by atoms with Gasteiger partial charge < -0.3 is 35.1 Å². The van der Waals surface area contributed by atoms with E-state index in [-0.39, 0.29) is 37.9 Å². The second-order valence-electron chi connectivity index (χ2n) is 10.5. The van der Waals surface area contributed by atoms with Crippen LogP contribution < -0.4 is 10.6 Å². The fourth-order valence-electron chi connectivity index (χ4n) is 4.94. The van der Waals surface area contributed by atoms with Crippen LogP contribution in [0, 0.1) is 5.92 Å². The van der Waals surface area contributed by atoms with E-state index < -0.39 is 24.3 Å². The van der Waals surface area contributed by atoms with E-state index >= 15 is 0 Å². The number of methoxy groups -OCH3 is 1. The predicted octanol–water partition coefficient (Wildman–Crippen LogP) is 4.28. The molecule has 4 rings (SSSR count). The van der Waals surface area contributed by atoms with Crippen LogP contribution in [-0.4, -0.2) is 59.6 Å². The molecule has 0 saturated carbocycles. The number of urea groups is 1. The van der Waals surface area contributed by atoms with E-state index in [1.165, 1.54) is 7.11 Å². The zero-order valence-electron chi connectivity index (χ0n) is 24.5. The normalized spacial score (nSPS) is 20.7. The number of carbonyl (C=O) groups is 2. The number of ether oxygens (including phenoxy) is 3. The number of benzene rings is 3. The van der Waals surface area contributed by atoms with Crippen LogP contribution in [0.2, 0.25) is 0 Å². The summed E-state index contributed by atoms with van der Waals surface area (Å²) < 4.78 is 17.8. The molecule has 1 saturated heterocycles. The zero-order valence-corrected chi connectivity index (χ0v) is 25.3. The van der Waals surface area contributed by atoms with Gasteiger partial charge in [0.1, 0.15) is 6.04 Å². The lowest BCUT2D eigenvalue weighted by Gasteiger charge is -2.41. The van der Waals surface area contributed by atoms with Crippen LogP contribution in [0.25, 0.3) is 0 Å². The van der Waals surface area contributed by atoms with E-state index in [2.05, 4.69) is 17.6 Å². The molecule has 0 aromatic heterocycles. The number of carbonyl (C=O) groups excluding carboxylic acids is 2. The van der Waals surface area contributed by atoms with Gasteiger partial charge in [-0.05, 0) is 22.3 Å². The molecule has 0 bridgehead atoms. The third-order valence-electron chi connectivity index (χ3n) is 7.42. The maximum absolute atomic E-state index is 12.6. The molecule has 0 aliphatic carbocycles. The number of aliphatic hydroxyl groups excluding tert-OH is 2. The molecule has 4 N–H and O–H groups in total. The van der Waals surface area contributed by atoms with Gasteiger partial charge in [-0.25, -0.2) is 9.59 Å². The summed E-state index contributed by atoms with van der Waals surface area (Å²) in [7, 11) is 1.30. The summed E-state index contributed by atoms with van der Waals surface area (Å²) in [6.07, 6.45) is -0.583. The molecule has 1 aliphatic heterocycles. The van der Waals surface area contributed by atoms with E-state index in [1.54, 1.807) is 11.8 Å². The molecule has 1 heterocycles. The van der Waals surface area contributed by atoms with Crippen molar-refractivity contribution in [1.82, 2.24) is 10.6 Å². The van der Waals surface area contributed by atoms with Crippen molar-refractivity contribution in [2.24, 2.45) is 5.92 Å². The molecule has 0 unspecified atom stereocenters. The van der Waals surface area contributed by atoms with Crippen molar-refractivity contribution < 1.29 is 34.0 Å². The van der Waals surface area contributed by atoms with Gasteiger partial charge >= 0.3 is 12.0 Å². The first-order valence-corrected chi connectivity index (χ1v) is 15.5. The monoisotopic (exact) mass is 608 g/mol. The second kappa shape index (κ2) is 16.4. The van der Waals surface area contributed by atoms with Crippen molar-refractivity contribution in [3.05, 3.63) is 107 Å². The van der Waals surface area contributed by atoms with Crippen LogP contribution in [0.15, 0.2) is 78.9 Å². The largest absolute Gasteiger partial charge is 0.467 e. The molecule has 3 aromatic rings. The van der Waals surface area contributed by atoms with Crippen molar-refractivity contribution in [3.63, 3.8) is 0 Å². The average molecular weight is 609 g/mol. The summed E-state index contributed by atoms with van der Waals surface area (Å²) in [4.78, 5) is 24.9. The third-order valence-corrected chi connectivity index (χ3v) is 8.46. The first kappa shape index (κ1) is 32.5.